The Morgan fingerprint density at radius 2 is 2.12 bits per heavy atom. The molecule has 25 heavy (non-hydrogen) atoms. The van der Waals surface area contributed by atoms with Crippen molar-refractivity contribution in [3.8, 4) is 0 Å². The molecule has 1 N–H and O–H groups in total. The van der Waals surface area contributed by atoms with Crippen LogP contribution in [0.15, 0.2) is 23.0 Å². The van der Waals surface area contributed by atoms with Crippen molar-refractivity contribution in [3.05, 3.63) is 38.9 Å². The maximum Gasteiger partial charge on any atom is 0.262 e. The lowest BCUT2D eigenvalue weighted by Gasteiger charge is -2.19. The van der Waals surface area contributed by atoms with Crippen LogP contribution >= 0.6 is 12.2 Å². The number of aromatic amines is 1. The molecule has 0 atom stereocenters. The van der Waals surface area contributed by atoms with Gasteiger partial charge in [0.05, 0.1) is 10.9 Å². The topological polar surface area (TPSA) is 67.3 Å². The van der Waals surface area contributed by atoms with Crippen molar-refractivity contribution in [2.24, 2.45) is 5.92 Å². The quantitative estimate of drug-likeness (QED) is 0.607. The average Bonchev–Trinajstić information content (AvgIpc) is 2.56. The number of benzene rings is 1. The SMILES string of the molecule is COCCCn1c(=S)[nH]c2cc(C(=O)N(C)CC(C)C)ccc2c1=O. The summed E-state index contributed by atoms with van der Waals surface area (Å²) in [5.41, 5.74) is 0.976. The van der Waals surface area contributed by atoms with Gasteiger partial charge in [-0.2, -0.15) is 0 Å². The fourth-order valence-electron chi connectivity index (χ4n) is 2.81. The summed E-state index contributed by atoms with van der Waals surface area (Å²) < 4.78 is 6.91. The first-order valence-corrected chi connectivity index (χ1v) is 8.77. The number of carbonyl (C=O) groups is 1. The lowest BCUT2D eigenvalue weighted by molar-refractivity contribution is 0.0779. The first-order valence-electron chi connectivity index (χ1n) is 8.36. The van der Waals surface area contributed by atoms with Crippen LogP contribution in [-0.2, 0) is 11.3 Å². The van der Waals surface area contributed by atoms with Crippen molar-refractivity contribution in [1.29, 1.82) is 0 Å². The van der Waals surface area contributed by atoms with Gasteiger partial charge in [0.1, 0.15) is 0 Å². The predicted octanol–water partition coefficient (Wildman–Crippen LogP) is 2.82. The second-order valence-electron chi connectivity index (χ2n) is 6.57. The number of H-pyrrole nitrogens is 1. The minimum absolute atomic E-state index is 0.0702. The molecule has 6 nitrogen and oxygen atoms in total. The Bertz CT molecular complexity index is 870. The first kappa shape index (κ1) is 19.3. The lowest BCUT2D eigenvalue weighted by atomic mass is 10.1. The van der Waals surface area contributed by atoms with Gasteiger partial charge in [-0.15, -0.1) is 0 Å². The van der Waals surface area contributed by atoms with Crippen molar-refractivity contribution >= 4 is 29.0 Å². The van der Waals surface area contributed by atoms with Gasteiger partial charge in [-0.1, -0.05) is 13.8 Å². The Morgan fingerprint density at radius 1 is 1.40 bits per heavy atom. The summed E-state index contributed by atoms with van der Waals surface area (Å²) in [4.78, 5) is 29.9. The predicted molar refractivity (Wildman–Crippen MR) is 102 cm³/mol. The molecule has 1 aromatic heterocycles. The Balaban J connectivity index is 2.38. The second-order valence-corrected chi connectivity index (χ2v) is 6.96. The Labute approximate surface area is 152 Å². The number of rotatable bonds is 7. The number of hydrogen-bond acceptors (Lipinski definition) is 4. The summed E-state index contributed by atoms with van der Waals surface area (Å²) in [5.74, 6) is 0.318. The van der Waals surface area contributed by atoms with Gasteiger partial charge >= 0.3 is 0 Å². The third-order valence-electron chi connectivity index (χ3n) is 3.94. The number of aromatic nitrogens is 2. The van der Waals surface area contributed by atoms with Crippen LogP contribution in [0.4, 0.5) is 0 Å². The summed E-state index contributed by atoms with van der Waals surface area (Å²) in [6.45, 7) is 5.86. The number of nitrogens with zero attached hydrogens (tertiary/aromatic N) is 2. The molecular weight excluding hydrogens is 338 g/mol. The molecule has 0 aliphatic carbocycles. The standard InChI is InChI=1S/C18H25N3O3S/c1-12(2)11-20(3)16(22)13-6-7-14-15(10-13)19-18(25)21(17(14)23)8-5-9-24-4/h6-7,10,12H,5,8-9,11H2,1-4H3,(H,19,25). The molecule has 0 bridgehead atoms. The van der Waals surface area contributed by atoms with Crippen LogP contribution in [0.2, 0.25) is 0 Å². The van der Waals surface area contributed by atoms with Gasteiger partial charge in [-0.05, 0) is 42.8 Å². The maximum atomic E-state index is 12.6. The molecule has 7 heteroatoms. The molecule has 0 radical (unpaired) electrons. The summed E-state index contributed by atoms with van der Waals surface area (Å²) in [6, 6.07) is 5.08. The first-order chi connectivity index (χ1) is 11.8. The Morgan fingerprint density at radius 3 is 2.76 bits per heavy atom. The molecule has 0 spiro atoms. The fraction of sp³-hybridized carbons (Fsp3) is 0.500. The third-order valence-corrected chi connectivity index (χ3v) is 4.27. The van der Waals surface area contributed by atoms with E-state index >= 15 is 0 Å². The van der Waals surface area contributed by atoms with E-state index in [1.165, 1.54) is 4.57 Å². The highest BCUT2D eigenvalue weighted by Crippen LogP contribution is 2.13. The maximum absolute atomic E-state index is 12.6. The third kappa shape index (κ3) is 4.55. The summed E-state index contributed by atoms with van der Waals surface area (Å²) >= 11 is 5.31. The number of hydrogen-bond donors (Lipinski definition) is 1. The minimum atomic E-state index is -0.149. The zero-order chi connectivity index (χ0) is 18.6. The fourth-order valence-corrected chi connectivity index (χ4v) is 3.09. The van der Waals surface area contributed by atoms with Gasteiger partial charge in [0, 0.05) is 39.4 Å². The molecule has 2 aromatic rings. The highest BCUT2D eigenvalue weighted by atomic mass is 32.1. The number of nitrogens with one attached hydrogen (secondary N) is 1. The molecule has 136 valence electrons. The van der Waals surface area contributed by atoms with E-state index in [1.54, 1.807) is 37.3 Å². The summed E-state index contributed by atoms with van der Waals surface area (Å²) in [5, 5.41) is 0.522. The van der Waals surface area contributed by atoms with Crippen LogP contribution in [0, 0.1) is 10.7 Å². The molecule has 0 aliphatic heterocycles. The summed E-state index contributed by atoms with van der Waals surface area (Å²) in [6.07, 6.45) is 0.704. The second kappa shape index (κ2) is 8.40. The van der Waals surface area contributed by atoms with E-state index in [-0.39, 0.29) is 11.5 Å². The van der Waals surface area contributed by atoms with Gasteiger partial charge in [-0.3, -0.25) is 14.2 Å². The van der Waals surface area contributed by atoms with Crippen molar-refractivity contribution in [2.75, 3.05) is 27.3 Å². The molecule has 0 saturated carbocycles. The van der Waals surface area contributed by atoms with Crippen LogP contribution in [0.3, 0.4) is 0 Å². The lowest BCUT2D eigenvalue weighted by Crippen LogP contribution is -2.30. The van der Waals surface area contributed by atoms with E-state index in [0.717, 1.165) is 0 Å². The van der Waals surface area contributed by atoms with Crippen LogP contribution in [0.1, 0.15) is 30.6 Å². The molecular formula is C18H25N3O3S. The average molecular weight is 363 g/mol. The van der Waals surface area contributed by atoms with E-state index in [1.807, 2.05) is 0 Å². The monoisotopic (exact) mass is 363 g/mol. The van der Waals surface area contributed by atoms with Gasteiger partial charge < -0.3 is 14.6 Å². The largest absolute Gasteiger partial charge is 0.385 e. The van der Waals surface area contributed by atoms with Crippen molar-refractivity contribution in [3.63, 3.8) is 0 Å². The number of ether oxygens (including phenoxy) is 1. The van der Waals surface area contributed by atoms with Crippen LogP contribution < -0.4 is 5.56 Å². The van der Waals surface area contributed by atoms with Crippen molar-refractivity contribution in [1.82, 2.24) is 14.5 Å². The minimum Gasteiger partial charge on any atom is -0.385 e. The Hall–Kier alpha value is -1.99. The normalized spacial score (nSPS) is 11.2. The van der Waals surface area contributed by atoms with Crippen molar-refractivity contribution in [2.45, 2.75) is 26.8 Å². The van der Waals surface area contributed by atoms with E-state index < -0.39 is 0 Å². The molecule has 2 rings (SSSR count). The van der Waals surface area contributed by atoms with E-state index in [9.17, 15) is 9.59 Å². The molecule has 1 amide bonds. The van der Waals surface area contributed by atoms with Gasteiger partial charge in [0.25, 0.3) is 11.5 Å². The zero-order valence-corrected chi connectivity index (χ0v) is 16.0. The molecule has 0 unspecified atom stereocenters. The summed E-state index contributed by atoms with van der Waals surface area (Å²) in [7, 11) is 3.40. The van der Waals surface area contributed by atoms with Gasteiger partial charge in [0.2, 0.25) is 0 Å². The number of carbonyl (C=O) groups excluding carboxylic acids is 1. The van der Waals surface area contributed by atoms with E-state index in [0.29, 0.717) is 53.3 Å². The number of methoxy groups -OCH3 is 1. The van der Waals surface area contributed by atoms with Gasteiger partial charge in [-0.25, -0.2) is 0 Å². The van der Waals surface area contributed by atoms with Crippen molar-refractivity contribution < 1.29 is 9.53 Å². The van der Waals surface area contributed by atoms with Crippen LogP contribution in [-0.4, -0.2) is 47.7 Å². The number of fused-ring (bicyclic) bond motifs is 1. The van der Waals surface area contributed by atoms with E-state index in [2.05, 4.69) is 18.8 Å². The molecule has 0 fully saturated rings. The smallest absolute Gasteiger partial charge is 0.262 e. The molecule has 1 aromatic carbocycles. The molecule has 0 aliphatic rings. The highest BCUT2D eigenvalue weighted by Gasteiger charge is 2.14. The number of amides is 1. The zero-order valence-electron chi connectivity index (χ0n) is 15.2. The van der Waals surface area contributed by atoms with Crippen LogP contribution in [0.5, 0.6) is 0 Å². The van der Waals surface area contributed by atoms with Crippen LogP contribution in [0.25, 0.3) is 10.9 Å². The Kier molecular flexibility index (Phi) is 6.50. The molecule has 1 heterocycles. The molecule has 0 saturated heterocycles. The van der Waals surface area contributed by atoms with Gasteiger partial charge in [0.15, 0.2) is 4.77 Å². The van der Waals surface area contributed by atoms with E-state index in [4.69, 9.17) is 17.0 Å². The highest BCUT2D eigenvalue weighted by molar-refractivity contribution is 7.71.